The van der Waals surface area contributed by atoms with Gasteiger partial charge in [0.15, 0.2) is 9.84 Å². The van der Waals surface area contributed by atoms with Crippen LogP contribution in [0.2, 0.25) is 0 Å². The molecule has 0 unspecified atom stereocenters. The standard InChI is InChI=1S/C15H16N2O4S2/c18-14(6-9-23(19,20)13-4-2-1-3-5-13)17-10-12(11-17)21-15-16-7-8-22-15/h1-5,7-8,12H,6,9-11H2. The summed E-state index contributed by atoms with van der Waals surface area (Å²) in [5.41, 5.74) is 0. The maximum Gasteiger partial charge on any atom is 0.273 e. The molecule has 0 spiro atoms. The number of thiazole rings is 1. The highest BCUT2D eigenvalue weighted by Crippen LogP contribution is 2.21. The topological polar surface area (TPSA) is 76.6 Å². The third kappa shape index (κ3) is 3.89. The molecule has 23 heavy (non-hydrogen) atoms. The zero-order chi connectivity index (χ0) is 16.3. The number of ether oxygens (including phenoxy) is 1. The van der Waals surface area contributed by atoms with E-state index in [0.717, 1.165) is 0 Å². The van der Waals surface area contributed by atoms with E-state index in [1.165, 1.54) is 11.3 Å². The fourth-order valence-corrected chi connectivity index (χ4v) is 4.06. The number of hydrogen-bond donors (Lipinski definition) is 0. The van der Waals surface area contributed by atoms with Crippen molar-refractivity contribution >= 4 is 27.1 Å². The Morgan fingerprint density at radius 3 is 2.70 bits per heavy atom. The highest BCUT2D eigenvalue weighted by Gasteiger charge is 2.33. The molecule has 0 radical (unpaired) electrons. The number of rotatable bonds is 6. The number of carbonyl (C=O) groups is 1. The van der Waals surface area contributed by atoms with E-state index >= 15 is 0 Å². The summed E-state index contributed by atoms with van der Waals surface area (Å²) in [4.78, 5) is 17.9. The van der Waals surface area contributed by atoms with Crippen LogP contribution in [0.3, 0.4) is 0 Å². The molecule has 0 N–H and O–H groups in total. The molecule has 8 heteroatoms. The molecule has 1 aromatic heterocycles. The second-order valence-electron chi connectivity index (χ2n) is 5.22. The molecule has 2 heterocycles. The second-order valence-corrected chi connectivity index (χ2v) is 8.18. The van der Waals surface area contributed by atoms with Crippen LogP contribution in [-0.2, 0) is 14.6 Å². The number of hydrogen-bond acceptors (Lipinski definition) is 6. The van der Waals surface area contributed by atoms with Gasteiger partial charge < -0.3 is 9.64 Å². The predicted molar refractivity (Wildman–Crippen MR) is 86.2 cm³/mol. The summed E-state index contributed by atoms with van der Waals surface area (Å²) >= 11 is 1.41. The minimum absolute atomic E-state index is 0.0127. The van der Waals surface area contributed by atoms with Crippen LogP contribution in [0.4, 0.5) is 0 Å². The van der Waals surface area contributed by atoms with Crippen molar-refractivity contribution in [2.45, 2.75) is 17.4 Å². The lowest BCUT2D eigenvalue weighted by molar-refractivity contribution is -0.139. The van der Waals surface area contributed by atoms with E-state index < -0.39 is 9.84 Å². The van der Waals surface area contributed by atoms with Crippen LogP contribution >= 0.6 is 11.3 Å². The Bertz CT molecular complexity index is 754. The van der Waals surface area contributed by atoms with Crippen molar-refractivity contribution in [3.8, 4) is 5.19 Å². The summed E-state index contributed by atoms with van der Waals surface area (Å²) in [5.74, 6) is -0.340. The van der Waals surface area contributed by atoms with Gasteiger partial charge in [-0.2, -0.15) is 0 Å². The Balaban J connectivity index is 1.46. The van der Waals surface area contributed by atoms with Gasteiger partial charge in [0.1, 0.15) is 6.10 Å². The summed E-state index contributed by atoms with van der Waals surface area (Å²) in [6.45, 7) is 0.952. The van der Waals surface area contributed by atoms with E-state index in [0.29, 0.717) is 18.3 Å². The summed E-state index contributed by atoms with van der Waals surface area (Å²) in [7, 11) is -3.41. The average molecular weight is 352 g/mol. The largest absolute Gasteiger partial charge is 0.463 e. The molecular formula is C15H16N2O4S2. The molecule has 122 valence electrons. The Hall–Kier alpha value is -1.93. The number of sulfone groups is 1. The zero-order valence-electron chi connectivity index (χ0n) is 12.3. The number of likely N-dealkylation sites (tertiary alicyclic amines) is 1. The molecule has 0 aliphatic carbocycles. The molecule has 1 fully saturated rings. The van der Waals surface area contributed by atoms with E-state index in [-0.39, 0.29) is 29.1 Å². The van der Waals surface area contributed by atoms with E-state index in [1.54, 1.807) is 41.4 Å². The van der Waals surface area contributed by atoms with Crippen LogP contribution in [0.15, 0.2) is 46.8 Å². The lowest BCUT2D eigenvalue weighted by atomic mass is 10.1. The molecule has 3 rings (SSSR count). The Kier molecular flexibility index (Phi) is 4.63. The lowest BCUT2D eigenvalue weighted by Crippen LogP contribution is -2.56. The zero-order valence-corrected chi connectivity index (χ0v) is 13.9. The first-order valence-corrected chi connectivity index (χ1v) is 9.69. The van der Waals surface area contributed by atoms with Crippen molar-refractivity contribution in [1.82, 2.24) is 9.88 Å². The highest BCUT2D eigenvalue weighted by atomic mass is 32.2. The molecule has 1 saturated heterocycles. The van der Waals surface area contributed by atoms with Crippen molar-refractivity contribution in [3.63, 3.8) is 0 Å². The van der Waals surface area contributed by atoms with Gasteiger partial charge in [0.05, 0.1) is 23.7 Å². The third-order valence-electron chi connectivity index (χ3n) is 3.56. The molecule has 1 aliphatic rings. The van der Waals surface area contributed by atoms with E-state index in [4.69, 9.17) is 4.74 Å². The maximum atomic E-state index is 12.1. The van der Waals surface area contributed by atoms with Crippen LogP contribution in [-0.4, -0.2) is 49.2 Å². The maximum absolute atomic E-state index is 12.1. The predicted octanol–water partition coefficient (Wildman–Crippen LogP) is 1.60. The summed E-state index contributed by atoms with van der Waals surface area (Å²) in [6.07, 6.45) is 1.59. The molecule has 1 aromatic carbocycles. The quantitative estimate of drug-likeness (QED) is 0.789. The van der Waals surface area contributed by atoms with Crippen LogP contribution in [0, 0.1) is 0 Å². The van der Waals surface area contributed by atoms with Crippen molar-refractivity contribution in [1.29, 1.82) is 0 Å². The van der Waals surface area contributed by atoms with Crippen LogP contribution in [0.5, 0.6) is 5.19 Å². The summed E-state index contributed by atoms with van der Waals surface area (Å²) in [5, 5.41) is 2.42. The van der Waals surface area contributed by atoms with Gasteiger partial charge in [-0.3, -0.25) is 4.79 Å². The molecular weight excluding hydrogens is 336 g/mol. The summed E-state index contributed by atoms with van der Waals surface area (Å²) < 4.78 is 29.9. The number of benzene rings is 1. The molecule has 0 bridgehead atoms. The smallest absolute Gasteiger partial charge is 0.273 e. The van der Waals surface area contributed by atoms with Crippen molar-refractivity contribution in [2.75, 3.05) is 18.8 Å². The Morgan fingerprint density at radius 2 is 2.04 bits per heavy atom. The summed E-state index contributed by atoms with van der Waals surface area (Å²) in [6, 6.07) is 8.19. The van der Waals surface area contributed by atoms with Crippen molar-refractivity contribution in [3.05, 3.63) is 41.9 Å². The molecule has 2 aromatic rings. The Morgan fingerprint density at radius 1 is 1.30 bits per heavy atom. The average Bonchev–Trinajstić information content (AvgIpc) is 3.02. The van der Waals surface area contributed by atoms with Gasteiger partial charge in [0.25, 0.3) is 5.19 Å². The van der Waals surface area contributed by atoms with Crippen molar-refractivity contribution < 1.29 is 17.9 Å². The number of carbonyl (C=O) groups excluding carboxylic acids is 1. The number of amides is 1. The molecule has 1 aliphatic heterocycles. The second kappa shape index (κ2) is 6.67. The first-order chi connectivity index (χ1) is 11.0. The van der Waals surface area contributed by atoms with Crippen LogP contribution < -0.4 is 4.74 Å². The van der Waals surface area contributed by atoms with Gasteiger partial charge in [0, 0.05) is 18.0 Å². The fraction of sp³-hybridized carbons (Fsp3) is 0.333. The van der Waals surface area contributed by atoms with Crippen LogP contribution in [0.25, 0.3) is 0 Å². The molecule has 1 amide bonds. The molecule has 6 nitrogen and oxygen atoms in total. The first-order valence-electron chi connectivity index (χ1n) is 7.16. The Labute approximate surface area is 138 Å². The molecule has 0 atom stereocenters. The molecule has 0 saturated carbocycles. The van der Waals surface area contributed by atoms with Gasteiger partial charge in [0.2, 0.25) is 5.91 Å². The van der Waals surface area contributed by atoms with E-state index in [9.17, 15) is 13.2 Å². The van der Waals surface area contributed by atoms with E-state index in [2.05, 4.69) is 4.98 Å². The lowest BCUT2D eigenvalue weighted by Gasteiger charge is -2.38. The normalized spacial score (nSPS) is 15.2. The monoisotopic (exact) mass is 352 g/mol. The third-order valence-corrected chi connectivity index (χ3v) is 5.96. The van der Waals surface area contributed by atoms with Gasteiger partial charge in [-0.05, 0) is 12.1 Å². The highest BCUT2D eigenvalue weighted by molar-refractivity contribution is 7.91. The number of aromatic nitrogens is 1. The first kappa shape index (κ1) is 15.9. The minimum atomic E-state index is -3.41. The number of nitrogens with zero attached hydrogens (tertiary/aromatic N) is 2. The van der Waals surface area contributed by atoms with Gasteiger partial charge in [-0.15, -0.1) is 0 Å². The van der Waals surface area contributed by atoms with Gasteiger partial charge in [-0.25, -0.2) is 13.4 Å². The van der Waals surface area contributed by atoms with E-state index in [1.807, 2.05) is 5.38 Å². The fourth-order valence-electron chi connectivity index (χ4n) is 2.25. The van der Waals surface area contributed by atoms with Crippen molar-refractivity contribution in [2.24, 2.45) is 0 Å². The van der Waals surface area contributed by atoms with Crippen LogP contribution in [0.1, 0.15) is 6.42 Å². The van der Waals surface area contributed by atoms with Gasteiger partial charge in [-0.1, -0.05) is 29.5 Å². The SMILES string of the molecule is O=C(CCS(=O)(=O)c1ccccc1)N1CC(Oc2nccs2)C1. The van der Waals surface area contributed by atoms with Gasteiger partial charge >= 0.3 is 0 Å². The minimum Gasteiger partial charge on any atom is -0.463 e.